The number of nitrogens with zero attached hydrogens (tertiary/aromatic N) is 2. The highest BCUT2D eigenvalue weighted by Crippen LogP contribution is 2.27. The van der Waals surface area contributed by atoms with E-state index in [0.29, 0.717) is 23.0 Å². The zero-order valence-corrected chi connectivity index (χ0v) is 15.0. The van der Waals surface area contributed by atoms with Crippen molar-refractivity contribution in [3.63, 3.8) is 0 Å². The zero-order chi connectivity index (χ0) is 19.5. The molecule has 1 heterocycles. The molecule has 28 heavy (non-hydrogen) atoms. The van der Waals surface area contributed by atoms with Crippen molar-refractivity contribution in [1.29, 1.82) is 0 Å². The molecule has 0 fully saturated rings. The Balaban J connectivity index is 1.54. The van der Waals surface area contributed by atoms with E-state index in [2.05, 4.69) is 10.1 Å². The number of halogens is 2. The standard InChI is InChI=1S/C22H16F2N2O2/c1-14-5-2-3-8-19(14)22-25-21(26-28-22)15-6-4-7-18(12-15)27-13-16-11-17(23)9-10-20(16)24/h2-12H,13H2,1H3. The molecule has 4 aromatic rings. The molecule has 0 amide bonds. The van der Waals surface area contributed by atoms with Gasteiger partial charge in [0.1, 0.15) is 24.0 Å². The highest BCUT2D eigenvalue weighted by atomic mass is 19.1. The summed E-state index contributed by atoms with van der Waals surface area (Å²) in [5, 5.41) is 4.04. The van der Waals surface area contributed by atoms with E-state index in [1.165, 1.54) is 0 Å². The first-order valence-corrected chi connectivity index (χ1v) is 8.67. The average Bonchev–Trinajstić information content (AvgIpc) is 3.19. The monoisotopic (exact) mass is 378 g/mol. The summed E-state index contributed by atoms with van der Waals surface area (Å²) in [6.07, 6.45) is 0. The molecule has 0 aliphatic carbocycles. The van der Waals surface area contributed by atoms with Crippen LogP contribution in [-0.2, 0) is 6.61 Å². The highest BCUT2D eigenvalue weighted by Gasteiger charge is 2.13. The van der Waals surface area contributed by atoms with Gasteiger partial charge in [0.2, 0.25) is 5.82 Å². The van der Waals surface area contributed by atoms with Crippen LogP contribution < -0.4 is 4.74 Å². The zero-order valence-electron chi connectivity index (χ0n) is 15.0. The van der Waals surface area contributed by atoms with Crippen molar-refractivity contribution in [3.8, 4) is 28.6 Å². The molecule has 0 spiro atoms. The van der Waals surface area contributed by atoms with Gasteiger partial charge in [-0.25, -0.2) is 8.78 Å². The summed E-state index contributed by atoms with van der Waals surface area (Å²) in [4.78, 5) is 4.45. The quantitative estimate of drug-likeness (QED) is 0.456. The summed E-state index contributed by atoms with van der Waals surface area (Å²) in [5.41, 5.74) is 2.75. The summed E-state index contributed by atoms with van der Waals surface area (Å²) < 4.78 is 38.0. The average molecular weight is 378 g/mol. The third-order valence-electron chi connectivity index (χ3n) is 4.30. The van der Waals surface area contributed by atoms with Crippen molar-refractivity contribution >= 4 is 0 Å². The summed E-state index contributed by atoms with van der Waals surface area (Å²) in [5.74, 6) is 0.313. The maximum absolute atomic E-state index is 13.7. The van der Waals surface area contributed by atoms with E-state index in [-0.39, 0.29) is 12.2 Å². The number of benzene rings is 3. The third kappa shape index (κ3) is 3.76. The van der Waals surface area contributed by atoms with Gasteiger partial charge in [0.25, 0.3) is 5.89 Å². The number of ether oxygens (including phenoxy) is 1. The van der Waals surface area contributed by atoms with Gasteiger partial charge in [-0.1, -0.05) is 35.5 Å². The molecule has 0 aliphatic heterocycles. The third-order valence-corrected chi connectivity index (χ3v) is 4.30. The van der Waals surface area contributed by atoms with Crippen LogP contribution in [0.5, 0.6) is 5.75 Å². The molecule has 6 heteroatoms. The van der Waals surface area contributed by atoms with Crippen LogP contribution in [0.25, 0.3) is 22.8 Å². The Kier molecular flexibility index (Phi) is 4.85. The van der Waals surface area contributed by atoms with Gasteiger partial charge in [-0.3, -0.25) is 0 Å². The SMILES string of the molecule is Cc1ccccc1-c1nc(-c2cccc(OCc3cc(F)ccc3F)c2)no1. The largest absolute Gasteiger partial charge is 0.489 e. The van der Waals surface area contributed by atoms with Gasteiger partial charge in [-0.05, 0) is 48.9 Å². The second-order valence-electron chi connectivity index (χ2n) is 6.29. The maximum atomic E-state index is 13.7. The summed E-state index contributed by atoms with van der Waals surface area (Å²) >= 11 is 0. The van der Waals surface area contributed by atoms with E-state index in [4.69, 9.17) is 9.26 Å². The number of aromatic nitrogens is 2. The Labute approximate surface area is 160 Å². The number of rotatable bonds is 5. The molecule has 0 atom stereocenters. The van der Waals surface area contributed by atoms with E-state index < -0.39 is 11.6 Å². The van der Waals surface area contributed by atoms with Gasteiger partial charge in [0.05, 0.1) is 0 Å². The first-order chi connectivity index (χ1) is 13.6. The minimum Gasteiger partial charge on any atom is -0.489 e. The van der Waals surface area contributed by atoms with Gasteiger partial charge in [0, 0.05) is 16.7 Å². The van der Waals surface area contributed by atoms with Crippen LogP contribution in [0.2, 0.25) is 0 Å². The van der Waals surface area contributed by atoms with Crippen LogP contribution in [0.15, 0.2) is 71.3 Å². The Morgan fingerprint density at radius 2 is 1.82 bits per heavy atom. The lowest BCUT2D eigenvalue weighted by molar-refractivity contribution is 0.299. The molecule has 4 nitrogen and oxygen atoms in total. The molecule has 0 N–H and O–H groups in total. The van der Waals surface area contributed by atoms with Crippen molar-refractivity contribution in [2.45, 2.75) is 13.5 Å². The molecular formula is C22H16F2N2O2. The fourth-order valence-corrected chi connectivity index (χ4v) is 2.80. The van der Waals surface area contributed by atoms with Crippen LogP contribution in [0.3, 0.4) is 0 Å². The van der Waals surface area contributed by atoms with Crippen molar-refractivity contribution in [1.82, 2.24) is 10.1 Å². The maximum Gasteiger partial charge on any atom is 0.258 e. The topological polar surface area (TPSA) is 48.2 Å². The van der Waals surface area contributed by atoms with Gasteiger partial charge in [0.15, 0.2) is 0 Å². The lowest BCUT2D eigenvalue weighted by atomic mass is 10.1. The molecule has 4 rings (SSSR count). The Bertz CT molecular complexity index is 1120. The van der Waals surface area contributed by atoms with Crippen molar-refractivity contribution in [2.24, 2.45) is 0 Å². The molecule has 0 saturated carbocycles. The second kappa shape index (κ2) is 7.60. The van der Waals surface area contributed by atoms with E-state index in [1.807, 2.05) is 37.3 Å². The van der Waals surface area contributed by atoms with Crippen molar-refractivity contribution < 1.29 is 18.0 Å². The normalized spacial score (nSPS) is 10.8. The molecule has 0 bridgehead atoms. The summed E-state index contributed by atoms with van der Waals surface area (Å²) in [6, 6.07) is 18.1. The fraction of sp³-hybridized carbons (Fsp3) is 0.0909. The van der Waals surface area contributed by atoms with E-state index >= 15 is 0 Å². The van der Waals surface area contributed by atoms with Gasteiger partial charge < -0.3 is 9.26 Å². The Morgan fingerprint density at radius 1 is 0.964 bits per heavy atom. The summed E-state index contributed by atoms with van der Waals surface area (Å²) in [6.45, 7) is 1.88. The lowest BCUT2D eigenvalue weighted by Gasteiger charge is -2.08. The van der Waals surface area contributed by atoms with Crippen LogP contribution >= 0.6 is 0 Å². The predicted octanol–water partition coefficient (Wildman–Crippen LogP) is 5.57. The van der Waals surface area contributed by atoms with Gasteiger partial charge in [-0.2, -0.15) is 4.98 Å². The molecular weight excluding hydrogens is 362 g/mol. The molecule has 0 aliphatic rings. The fourth-order valence-electron chi connectivity index (χ4n) is 2.80. The van der Waals surface area contributed by atoms with E-state index in [9.17, 15) is 8.78 Å². The van der Waals surface area contributed by atoms with Crippen LogP contribution in [-0.4, -0.2) is 10.1 Å². The molecule has 0 radical (unpaired) electrons. The summed E-state index contributed by atoms with van der Waals surface area (Å²) in [7, 11) is 0. The Hall–Kier alpha value is -3.54. The molecule has 0 unspecified atom stereocenters. The van der Waals surface area contributed by atoms with Crippen molar-refractivity contribution in [3.05, 3.63) is 89.5 Å². The molecule has 0 saturated heterocycles. The first-order valence-electron chi connectivity index (χ1n) is 8.67. The van der Waals surface area contributed by atoms with Crippen molar-refractivity contribution in [2.75, 3.05) is 0 Å². The smallest absolute Gasteiger partial charge is 0.258 e. The highest BCUT2D eigenvalue weighted by molar-refractivity contribution is 5.63. The minimum atomic E-state index is -0.515. The lowest BCUT2D eigenvalue weighted by Crippen LogP contribution is -1.99. The second-order valence-corrected chi connectivity index (χ2v) is 6.29. The first kappa shape index (κ1) is 17.9. The van der Waals surface area contributed by atoms with Gasteiger partial charge >= 0.3 is 0 Å². The predicted molar refractivity (Wildman–Crippen MR) is 101 cm³/mol. The number of hydrogen-bond acceptors (Lipinski definition) is 4. The molecule has 3 aromatic carbocycles. The van der Waals surface area contributed by atoms with Crippen LogP contribution in [0.1, 0.15) is 11.1 Å². The number of hydrogen-bond donors (Lipinski definition) is 0. The van der Waals surface area contributed by atoms with Crippen LogP contribution in [0.4, 0.5) is 8.78 Å². The van der Waals surface area contributed by atoms with E-state index in [0.717, 1.165) is 29.3 Å². The molecule has 1 aromatic heterocycles. The Morgan fingerprint density at radius 3 is 2.68 bits per heavy atom. The number of aryl methyl sites for hydroxylation is 1. The minimum absolute atomic E-state index is 0.0895. The van der Waals surface area contributed by atoms with Gasteiger partial charge in [-0.15, -0.1) is 0 Å². The van der Waals surface area contributed by atoms with E-state index in [1.54, 1.807) is 18.2 Å². The van der Waals surface area contributed by atoms with Crippen LogP contribution in [0, 0.1) is 18.6 Å². The molecule has 140 valence electrons.